The third-order valence-corrected chi connectivity index (χ3v) is 1.21. The quantitative estimate of drug-likeness (QED) is 0.597. The molecule has 0 atom stereocenters. The Kier molecular flexibility index (Phi) is 4.71. The summed E-state index contributed by atoms with van der Waals surface area (Å²) >= 11 is 4.64. The minimum atomic E-state index is 0.354. The van der Waals surface area contributed by atoms with E-state index in [4.69, 9.17) is 5.11 Å². The number of halogens is 1. The van der Waals surface area contributed by atoms with Gasteiger partial charge in [0.05, 0.1) is 0 Å². The Hall–Kier alpha value is -0.690. The van der Waals surface area contributed by atoms with Crippen LogP contribution >= 0.6 is 11.6 Å². The monoisotopic (exact) mass is 172 g/mol. The van der Waals surface area contributed by atoms with Gasteiger partial charge in [-0.3, -0.25) is 0 Å². The minimum absolute atomic E-state index is 0.354. The van der Waals surface area contributed by atoms with Gasteiger partial charge in [-0.2, -0.15) is 0 Å². The van der Waals surface area contributed by atoms with Crippen LogP contribution in [0, 0.1) is 13.8 Å². The van der Waals surface area contributed by atoms with Gasteiger partial charge in [0, 0.05) is 6.38 Å². The molecule has 0 bridgehead atoms. The number of benzene rings is 1. The number of alkyl halides is 1. The third kappa shape index (κ3) is 3.89. The van der Waals surface area contributed by atoms with Gasteiger partial charge in [-0.15, -0.1) is 11.6 Å². The average Bonchev–Trinajstić information content (AvgIpc) is 1.88. The van der Waals surface area contributed by atoms with Crippen LogP contribution in [0.2, 0.25) is 0 Å². The van der Waals surface area contributed by atoms with Crippen molar-refractivity contribution in [1.29, 1.82) is 0 Å². The summed E-state index contributed by atoms with van der Waals surface area (Å²) in [7, 11) is 0. The first-order valence-electron chi connectivity index (χ1n) is 3.33. The molecule has 0 amide bonds. The van der Waals surface area contributed by atoms with Gasteiger partial charge in [0.15, 0.2) is 0 Å². The summed E-state index contributed by atoms with van der Waals surface area (Å²) in [6, 6.07) is 5.51. The molecule has 0 fully saturated rings. The second-order valence-corrected chi connectivity index (χ2v) is 2.35. The van der Waals surface area contributed by atoms with Gasteiger partial charge >= 0.3 is 0 Å². The van der Waals surface area contributed by atoms with Crippen molar-refractivity contribution < 1.29 is 5.11 Å². The van der Waals surface area contributed by atoms with Crippen LogP contribution in [0.3, 0.4) is 0 Å². The molecule has 2 heteroatoms. The second kappa shape index (κ2) is 5.03. The molecule has 0 aromatic heterocycles. The van der Waals surface area contributed by atoms with Gasteiger partial charge in [0.2, 0.25) is 0 Å². The average molecular weight is 173 g/mol. The molecule has 0 aliphatic heterocycles. The van der Waals surface area contributed by atoms with Crippen molar-refractivity contribution in [1.82, 2.24) is 0 Å². The molecule has 0 saturated carbocycles. The molecule has 0 unspecified atom stereocenters. The maximum atomic E-state index is 8.99. The number of phenols is 1. The zero-order valence-corrected chi connectivity index (χ0v) is 7.81. The normalized spacial score (nSPS) is 8.36. The molecular formula is C9H13ClO. The molecule has 0 radical (unpaired) electrons. The number of hydrogen-bond acceptors (Lipinski definition) is 1. The molecule has 1 aromatic rings. The number of rotatable bonds is 0. The summed E-state index contributed by atoms with van der Waals surface area (Å²) in [4.78, 5) is 0. The van der Waals surface area contributed by atoms with Crippen LogP contribution in [-0.2, 0) is 0 Å². The lowest BCUT2D eigenvalue weighted by Crippen LogP contribution is -1.74. The zero-order valence-electron chi connectivity index (χ0n) is 7.06. The molecule has 1 nitrogen and oxygen atoms in total. The van der Waals surface area contributed by atoms with E-state index in [1.54, 1.807) is 12.1 Å². The molecule has 0 heterocycles. The minimum Gasteiger partial charge on any atom is -0.508 e. The highest BCUT2D eigenvalue weighted by Crippen LogP contribution is 2.13. The van der Waals surface area contributed by atoms with Crippen molar-refractivity contribution in [2.75, 3.05) is 6.38 Å². The summed E-state index contributed by atoms with van der Waals surface area (Å²) in [5.41, 5.74) is 2.21. The maximum absolute atomic E-state index is 8.99. The molecular weight excluding hydrogens is 160 g/mol. The summed E-state index contributed by atoms with van der Waals surface area (Å²) in [5, 5.41) is 8.99. The van der Waals surface area contributed by atoms with Gasteiger partial charge in [-0.25, -0.2) is 0 Å². The van der Waals surface area contributed by atoms with E-state index in [-0.39, 0.29) is 0 Å². The number of hydrogen-bond donors (Lipinski definition) is 1. The molecule has 0 aliphatic rings. The topological polar surface area (TPSA) is 20.2 Å². The molecule has 11 heavy (non-hydrogen) atoms. The first-order chi connectivity index (χ1) is 5.18. The smallest absolute Gasteiger partial charge is 0.116 e. The van der Waals surface area contributed by atoms with Crippen LogP contribution in [0.5, 0.6) is 5.75 Å². The van der Waals surface area contributed by atoms with E-state index in [0.29, 0.717) is 5.75 Å². The molecule has 1 aromatic carbocycles. The summed E-state index contributed by atoms with van der Waals surface area (Å²) in [5.74, 6) is 0.354. The summed E-state index contributed by atoms with van der Waals surface area (Å²) in [6.45, 7) is 3.93. The van der Waals surface area contributed by atoms with Gasteiger partial charge < -0.3 is 5.11 Å². The van der Waals surface area contributed by atoms with Crippen molar-refractivity contribution >= 4 is 11.6 Å². The first kappa shape index (κ1) is 10.3. The van der Waals surface area contributed by atoms with Crippen LogP contribution in [0.15, 0.2) is 18.2 Å². The fourth-order valence-corrected chi connectivity index (χ4v) is 0.951. The van der Waals surface area contributed by atoms with Gasteiger partial charge in [0.1, 0.15) is 5.75 Å². The predicted molar refractivity (Wildman–Crippen MR) is 49.4 cm³/mol. The van der Waals surface area contributed by atoms with Crippen molar-refractivity contribution in [3.05, 3.63) is 29.3 Å². The molecule has 62 valence electrons. The van der Waals surface area contributed by atoms with E-state index < -0.39 is 0 Å². The third-order valence-electron chi connectivity index (χ3n) is 1.21. The zero-order chi connectivity index (χ0) is 8.85. The van der Waals surface area contributed by atoms with Crippen molar-refractivity contribution in [3.63, 3.8) is 0 Å². The summed E-state index contributed by atoms with van der Waals surface area (Å²) in [6.07, 6.45) is 1.47. The van der Waals surface area contributed by atoms with Crippen molar-refractivity contribution in [3.8, 4) is 5.75 Å². The Morgan fingerprint density at radius 1 is 1.00 bits per heavy atom. The fourth-order valence-electron chi connectivity index (χ4n) is 0.951. The maximum Gasteiger partial charge on any atom is 0.116 e. The Bertz CT molecular complexity index is 170. The molecule has 0 aliphatic carbocycles. The van der Waals surface area contributed by atoms with E-state index in [9.17, 15) is 0 Å². The lowest BCUT2D eigenvalue weighted by Gasteiger charge is -1.95. The number of phenolic OH excluding ortho intramolecular Hbond substituents is 1. The standard InChI is InChI=1S/C8H10O.CH3Cl/c1-6-3-7(2)5-8(9)4-6;1-2/h3-5,9H,1-2H3;1H3. The number of aryl methyl sites for hydroxylation is 2. The summed E-state index contributed by atoms with van der Waals surface area (Å²) < 4.78 is 0. The number of aromatic hydroxyl groups is 1. The van der Waals surface area contributed by atoms with Crippen LogP contribution in [-0.4, -0.2) is 11.5 Å². The van der Waals surface area contributed by atoms with Crippen LogP contribution < -0.4 is 0 Å². The Morgan fingerprint density at radius 3 is 1.64 bits per heavy atom. The SMILES string of the molecule is CCl.Cc1cc(C)cc(O)c1. The van der Waals surface area contributed by atoms with E-state index in [1.165, 1.54) is 6.38 Å². The largest absolute Gasteiger partial charge is 0.508 e. The van der Waals surface area contributed by atoms with Crippen molar-refractivity contribution in [2.45, 2.75) is 13.8 Å². The highest BCUT2D eigenvalue weighted by molar-refractivity contribution is 6.15. The van der Waals surface area contributed by atoms with Gasteiger partial charge in [-0.1, -0.05) is 6.07 Å². The van der Waals surface area contributed by atoms with Crippen LogP contribution in [0.4, 0.5) is 0 Å². The fraction of sp³-hybridized carbons (Fsp3) is 0.333. The first-order valence-corrected chi connectivity index (χ1v) is 4.09. The predicted octanol–water partition coefficient (Wildman–Crippen LogP) is 2.86. The van der Waals surface area contributed by atoms with E-state index in [1.807, 2.05) is 19.9 Å². The van der Waals surface area contributed by atoms with E-state index in [2.05, 4.69) is 11.6 Å². The molecule has 1 rings (SSSR count). The van der Waals surface area contributed by atoms with Crippen molar-refractivity contribution in [2.24, 2.45) is 0 Å². The highest BCUT2D eigenvalue weighted by Gasteiger charge is 1.89. The van der Waals surface area contributed by atoms with Crippen LogP contribution in [0.1, 0.15) is 11.1 Å². The van der Waals surface area contributed by atoms with Crippen LogP contribution in [0.25, 0.3) is 0 Å². The van der Waals surface area contributed by atoms with Gasteiger partial charge in [-0.05, 0) is 37.1 Å². The molecule has 1 N–H and O–H groups in total. The Labute approximate surface area is 72.6 Å². The van der Waals surface area contributed by atoms with E-state index >= 15 is 0 Å². The lowest BCUT2D eigenvalue weighted by molar-refractivity contribution is 0.474. The molecule has 0 spiro atoms. The lowest BCUT2D eigenvalue weighted by atomic mass is 10.1. The van der Waals surface area contributed by atoms with E-state index in [0.717, 1.165) is 11.1 Å². The Balaban J connectivity index is 0.000000461. The second-order valence-electron chi connectivity index (χ2n) is 2.35. The highest BCUT2D eigenvalue weighted by atomic mass is 35.5. The molecule has 0 saturated heterocycles. The Morgan fingerprint density at radius 2 is 1.36 bits per heavy atom. The van der Waals surface area contributed by atoms with Gasteiger partial charge in [0.25, 0.3) is 0 Å².